The molecule has 6 heteroatoms. The summed E-state index contributed by atoms with van der Waals surface area (Å²) in [7, 11) is 3.25. The number of hydrogen-bond donors (Lipinski definition) is 2. The third kappa shape index (κ3) is 2.45. The summed E-state index contributed by atoms with van der Waals surface area (Å²) in [6.45, 7) is 0. The van der Waals surface area contributed by atoms with E-state index in [-0.39, 0.29) is 6.04 Å². The van der Waals surface area contributed by atoms with Gasteiger partial charge in [0.2, 0.25) is 0 Å². The lowest BCUT2D eigenvalue weighted by molar-refractivity contribution is 0.400. The molecule has 1 atom stereocenters. The van der Waals surface area contributed by atoms with Crippen LogP contribution in [0.4, 0.5) is 0 Å². The molecule has 0 aliphatic rings. The summed E-state index contributed by atoms with van der Waals surface area (Å²) in [6, 6.07) is 5.40. The van der Waals surface area contributed by atoms with Crippen molar-refractivity contribution in [3.8, 4) is 11.5 Å². The van der Waals surface area contributed by atoms with Crippen LogP contribution in [-0.4, -0.2) is 19.2 Å². The van der Waals surface area contributed by atoms with Gasteiger partial charge in [0.15, 0.2) is 0 Å². The lowest BCUT2D eigenvalue weighted by Gasteiger charge is -2.16. The Kier molecular flexibility index (Phi) is 4.14. The van der Waals surface area contributed by atoms with Gasteiger partial charge in [0.25, 0.3) is 0 Å². The molecule has 0 spiro atoms. The Labute approximate surface area is 110 Å². The van der Waals surface area contributed by atoms with Crippen molar-refractivity contribution in [1.29, 1.82) is 0 Å². The molecule has 1 unspecified atom stereocenters. The molecule has 96 valence electrons. The molecule has 0 radical (unpaired) electrons. The summed E-state index contributed by atoms with van der Waals surface area (Å²) in [5, 5.41) is 1.93. The SMILES string of the molecule is COc1csc(C(NN)c2ncccc2OC)c1. The van der Waals surface area contributed by atoms with Crippen molar-refractivity contribution in [3.63, 3.8) is 0 Å². The maximum Gasteiger partial charge on any atom is 0.142 e. The number of hydrazine groups is 1. The number of ether oxygens (including phenoxy) is 2. The molecule has 0 amide bonds. The monoisotopic (exact) mass is 265 g/mol. The average molecular weight is 265 g/mol. The number of rotatable bonds is 5. The van der Waals surface area contributed by atoms with Gasteiger partial charge in [0.05, 0.1) is 14.2 Å². The van der Waals surface area contributed by atoms with Gasteiger partial charge >= 0.3 is 0 Å². The van der Waals surface area contributed by atoms with Gasteiger partial charge in [-0.05, 0) is 18.2 Å². The van der Waals surface area contributed by atoms with Crippen molar-refractivity contribution < 1.29 is 9.47 Å². The summed E-state index contributed by atoms with van der Waals surface area (Å²) < 4.78 is 10.5. The average Bonchev–Trinajstić information content (AvgIpc) is 2.89. The smallest absolute Gasteiger partial charge is 0.142 e. The largest absolute Gasteiger partial charge is 0.496 e. The van der Waals surface area contributed by atoms with E-state index in [2.05, 4.69) is 10.4 Å². The van der Waals surface area contributed by atoms with Crippen LogP contribution in [0.15, 0.2) is 29.8 Å². The Morgan fingerprint density at radius 3 is 2.83 bits per heavy atom. The fourth-order valence-corrected chi connectivity index (χ4v) is 2.60. The van der Waals surface area contributed by atoms with E-state index in [0.717, 1.165) is 16.3 Å². The van der Waals surface area contributed by atoms with Crippen molar-refractivity contribution in [2.75, 3.05) is 14.2 Å². The highest BCUT2D eigenvalue weighted by molar-refractivity contribution is 7.10. The van der Waals surface area contributed by atoms with Gasteiger partial charge in [-0.3, -0.25) is 10.8 Å². The predicted octanol–water partition coefficient (Wildman–Crippen LogP) is 1.71. The molecule has 0 aromatic carbocycles. The Balaban J connectivity index is 2.38. The molecule has 0 bridgehead atoms. The molecule has 2 aromatic rings. The van der Waals surface area contributed by atoms with E-state index < -0.39 is 0 Å². The van der Waals surface area contributed by atoms with E-state index in [0.29, 0.717) is 5.75 Å². The lowest BCUT2D eigenvalue weighted by Crippen LogP contribution is -2.29. The Morgan fingerprint density at radius 1 is 1.39 bits per heavy atom. The highest BCUT2D eigenvalue weighted by Crippen LogP contribution is 2.33. The quantitative estimate of drug-likeness (QED) is 0.636. The van der Waals surface area contributed by atoms with E-state index in [1.54, 1.807) is 31.8 Å². The Hall–Kier alpha value is -1.63. The number of pyridine rings is 1. The maximum absolute atomic E-state index is 5.63. The van der Waals surface area contributed by atoms with E-state index in [1.807, 2.05) is 23.6 Å². The number of hydrogen-bond acceptors (Lipinski definition) is 6. The molecule has 2 aromatic heterocycles. The minimum Gasteiger partial charge on any atom is -0.496 e. The Bertz CT molecular complexity index is 516. The van der Waals surface area contributed by atoms with Crippen LogP contribution in [0.2, 0.25) is 0 Å². The molecule has 18 heavy (non-hydrogen) atoms. The molecule has 0 saturated carbocycles. The lowest BCUT2D eigenvalue weighted by atomic mass is 10.1. The molecule has 0 aliphatic heterocycles. The number of nitrogens with two attached hydrogens (primary N) is 1. The zero-order valence-electron chi connectivity index (χ0n) is 10.2. The van der Waals surface area contributed by atoms with Crippen LogP contribution in [0.25, 0.3) is 0 Å². The number of thiophene rings is 1. The molecule has 2 heterocycles. The van der Waals surface area contributed by atoms with Crippen LogP contribution < -0.4 is 20.7 Å². The second-order valence-corrected chi connectivity index (χ2v) is 4.52. The van der Waals surface area contributed by atoms with Crippen LogP contribution in [0.5, 0.6) is 11.5 Å². The topological polar surface area (TPSA) is 69.4 Å². The van der Waals surface area contributed by atoms with Gasteiger partial charge in [0.1, 0.15) is 23.2 Å². The molecule has 2 rings (SSSR count). The van der Waals surface area contributed by atoms with Crippen molar-refractivity contribution in [2.24, 2.45) is 5.84 Å². The van der Waals surface area contributed by atoms with Gasteiger partial charge in [-0.15, -0.1) is 11.3 Å². The molecular weight excluding hydrogens is 250 g/mol. The first-order chi connectivity index (χ1) is 8.80. The summed E-state index contributed by atoms with van der Waals surface area (Å²) in [5.74, 6) is 7.14. The van der Waals surface area contributed by atoms with E-state index in [9.17, 15) is 0 Å². The second-order valence-electron chi connectivity index (χ2n) is 3.58. The van der Waals surface area contributed by atoms with Gasteiger partial charge in [-0.2, -0.15) is 0 Å². The third-order valence-electron chi connectivity index (χ3n) is 2.58. The van der Waals surface area contributed by atoms with Crippen LogP contribution >= 0.6 is 11.3 Å². The van der Waals surface area contributed by atoms with Crippen molar-refractivity contribution in [1.82, 2.24) is 10.4 Å². The third-order valence-corrected chi connectivity index (χ3v) is 3.55. The van der Waals surface area contributed by atoms with Crippen LogP contribution in [0, 0.1) is 0 Å². The first kappa shape index (κ1) is 12.8. The van der Waals surface area contributed by atoms with Gasteiger partial charge in [0, 0.05) is 16.5 Å². The first-order valence-electron chi connectivity index (χ1n) is 5.37. The number of methoxy groups -OCH3 is 2. The summed E-state index contributed by atoms with van der Waals surface area (Å²) in [5.41, 5.74) is 3.52. The fourth-order valence-electron chi connectivity index (χ4n) is 1.68. The Morgan fingerprint density at radius 2 is 2.22 bits per heavy atom. The zero-order valence-corrected chi connectivity index (χ0v) is 11.0. The summed E-state index contributed by atoms with van der Waals surface area (Å²) >= 11 is 1.56. The zero-order chi connectivity index (χ0) is 13.0. The summed E-state index contributed by atoms with van der Waals surface area (Å²) in [6.07, 6.45) is 1.72. The van der Waals surface area contributed by atoms with Crippen molar-refractivity contribution in [3.05, 3.63) is 40.3 Å². The highest BCUT2D eigenvalue weighted by Gasteiger charge is 2.20. The van der Waals surface area contributed by atoms with Gasteiger partial charge < -0.3 is 9.47 Å². The normalized spacial score (nSPS) is 12.2. The number of aromatic nitrogens is 1. The van der Waals surface area contributed by atoms with Gasteiger partial charge in [-0.25, -0.2) is 5.43 Å². The minimum absolute atomic E-state index is 0.213. The second kappa shape index (κ2) is 5.81. The van der Waals surface area contributed by atoms with Gasteiger partial charge in [-0.1, -0.05) is 0 Å². The van der Waals surface area contributed by atoms with E-state index >= 15 is 0 Å². The van der Waals surface area contributed by atoms with Crippen LogP contribution in [-0.2, 0) is 0 Å². The molecule has 0 saturated heterocycles. The molecular formula is C12H15N3O2S. The molecule has 3 N–H and O–H groups in total. The standard InChI is InChI=1S/C12H15N3O2S/c1-16-8-6-10(18-7-8)12(15-13)11-9(17-2)4-3-5-14-11/h3-7,12,15H,13H2,1-2H3. The van der Waals surface area contributed by atoms with Crippen molar-refractivity contribution in [2.45, 2.75) is 6.04 Å². The van der Waals surface area contributed by atoms with Crippen LogP contribution in [0.3, 0.4) is 0 Å². The van der Waals surface area contributed by atoms with E-state index in [4.69, 9.17) is 15.3 Å². The van der Waals surface area contributed by atoms with Crippen LogP contribution in [0.1, 0.15) is 16.6 Å². The molecule has 0 aliphatic carbocycles. The highest BCUT2D eigenvalue weighted by atomic mass is 32.1. The first-order valence-corrected chi connectivity index (χ1v) is 6.25. The number of nitrogens with zero attached hydrogens (tertiary/aromatic N) is 1. The molecule has 5 nitrogen and oxygen atoms in total. The maximum atomic E-state index is 5.63. The van der Waals surface area contributed by atoms with E-state index in [1.165, 1.54) is 0 Å². The minimum atomic E-state index is -0.213. The summed E-state index contributed by atoms with van der Waals surface area (Å²) in [4.78, 5) is 5.35. The molecule has 0 fully saturated rings. The fraction of sp³-hybridized carbons (Fsp3) is 0.250. The predicted molar refractivity (Wildman–Crippen MR) is 70.8 cm³/mol. The van der Waals surface area contributed by atoms with Crippen molar-refractivity contribution >= 4 is 11.3 Å². The number of nitrogens with one attached hydrogen (secondary N) is 1.